The summed E-state index contributed by atoms with van der Waals surface area (Å²) in [5.74, 6) is 1.05. The van der Waals surface area contributed by atoms with E-state index in [0.29, 0.717) is 0 Å². The molecule has 0 spiro atoms. The summed E-state index contributed by atoms with van der Waals surface area (Å²) in [4.78, 5) is 4.67. The first-order valence-electron chi connectivity index (χ1n) is 5.31. The standard InChI is InChI=1S/C11H19N3/c1-8-9(11(2,3)4)13-10-12-6-5-7-14(8)10/h5-7H2,1-4H3,(H,12,13). The van der Waals surface area contributed by atoms with Crippen LogP contribution in [0.25, 0.3) is 0 Å². The van der Waals surface area contributed by atoms with Gasteiger partial charge in [0, 0.05) is 24.2 Å². The maximum atomic E-state index is 4.67. The number of hydrogen-bond donors (Lipinski definition) is 1. The third-order valence-electron chi connectivity index (χ3n) is 2.77. The average molecular weight is 193 g/mol. The van der Waals surface area contributed by atoms with Crippen molar-refractivity contribution in [3.8, 4) is 0 Å². The minimum atomic E-state index is 0.149. The van der Waals surface area contributed by atoms with Crippen LogP contribution in [0.1, 0.15) is 38.6 Å². The van der Waals surface area contributed by atoms with Gasteiger partial charge >= 0.3 is 0 Å². The van der Waals surface area contributed by atoms with E-state index in [1.165, 1.54) is 17.8 Å². The van der Waals surface area contributed by atoms with Crippen molar-refractivity contribution >= 4 is 5.95 Å². The van der Waals surface area contributed by atoms with Crippen LogP contribution in [0.15, 0.2) is 0 Å². The highest BCUT2D eigenvalue weighted by Gasteiger charge is 2.24. The quantitative estimate of drug-likeness (QED) is 0.685. The Kier molecular flexibility index (Phi) is 2.05. The minimum absolute atomic E-state index is 0.149. The van der Waals surface area contributed by atoms with E-state index in [0.717, 1.165) is 19.0 Å². The lowest BCUT2D eigenvalue weighted by Crippen LogP contribution is -2.18. The van der Waals surface area contributed by atoms with E-state index in [-0.39, 0.29) is 5.41 Å². The highest BCUT2D eigenvalue weighted by atomic mass is 15.2. The molecule has 3 heteroatoms. The zero-order valence-electron chi connectivity index (χ0n) is 9.52. The molecule has 0 saturated heterocycles. The average Bonchev–Trinajstić information content (AvgIpc) is 2.44. The Bertz CT molecular complexity index is 344. The molecule has 1 aliphatic rings. The van der Waals surface area contributed by atoms with E-state index >= 15 is 0 Å². The van der Waals surface area contributed by atoms with E-state index in [1.54, 1.807) is 0 Å². The van der Waals surface area contributed by atoms with Crippen LogP contribution < -0.4 is 5.32 Å². The lowest BCUT2D eigenvalue weighted by molar-refractivity contribution is 0.561. The van der Waals surface area contributed by atoms with Crippen molar-refractivity contribution in [1.82, 2.24) is 9.55 Å². The zero-order chi connectivity index (χ0) is 10.3. The Labute approximate surface area is 85.5 Å². The molecular weight excluding hydrogens is 174 g/mol. The zero-order valence-corrected chi connectivity index (χ0v) is 9.52. The number of imidazole rings is 1. The van der Waals surface area contributed by atoms with Crippen molar-refractivity contribution in [1.29, 1.82) is 0 Å². The van der Waals surface area contributed by atoms with Crippen molar-refractivity contribution in [2.45, 2.75) is 46.1 Å². The van der Waals surface area contributed by atoms with Gasteiger partial charge in [-0.1, -0.05) is 20.8 Å². The molecule has 0 aromatic carbocycles. The lowest BCUT2D eigenvalue weighted by atomic mass is 9.91. The number of rotatable bonds is 0. The third kappa shape index (κ3) is 1.41. The highest BCUT2D eigenvalue weighted by Crippen LogP contribution is 2.28. The number of fused-ring (bicyclic) bond motifs is 1. The summed E-state index contributed by atoms with van der Waals surface area (Å²) in [6.45, 7) is 11.0. The van der Waals surface area contributed by atoms with Gasteiger partial charge in [0.25, 0.3) is 0 Å². The fourth-order valence-corrected chi connectivity index (χ4v) is 2.09. The van der Waals surface area contributed by atoms with Gasteiger partial charge in [-0.15, -0.1) is 0 Å². The van der Waals surface area contributed by atoms with Crippen LogP contribution in [0.4, 0.5) is 5.95 Å². The molecule has 0 aliphatic carbocycles. The van der Waals surface area contributed by atoms with Gasteiger partial charge in [-0.3, -0.25) is 0 Å². The molecule has 78 valence electrons. The molecule has 3 nitrogen and oxygen atoms in total. The van der Waals surface area contributed by atoms with Crippen LogP contribution in [0.5, 0.6) is 0 Å². The molecule has 2 heterocycles. The summed E-state index contributed by atoms with van der Waals surface area (Å²) >= 11 is 0. The predicted molar refractivity (Wildman–Crippen MR) is 58.8 cm³/mol. The van der Waals surface area contributed by atoms with E-state index < -0.39 is 0 Å². The fourth-order valence-electron chi connectivity index (χ4n) is 2.09. The first-order chi connectivity index (χ1) is 6.50. The first-order valence-corrected chi connectivity index (χ1v) is 5.31. The normalized spacial score (nSPS) is 16.3. The number of aromatic nitrogens is 2. The van der Waals surface area contributed by atoms with Gasteiger partial charge in [-0.05, 0) is 13.3 Å². The van der Waals surface area contributed by atoms with Crippen molar-refractivity contribution in [3.05, 3.63) is 11.4 Å². The van der Waals surface area contributed by atoms with Gasteiger partial charge in [0.2, 0.25) is 5.95 Å². The molecule has 2 rings (SSSR count). The second-order valence-electron chi connectivity index (χ2n) is 5.05. The number of hydrogen-bond acceptors (Lipinski definition) is 2. The van der Waals surface area contributed by atoms with Crippen LogP contribution in [0, 0.1) is 6.92 Å². The summed E-state index contributed by atoms with van der Waals surface area (Å²) in [5.41, 5.74) is 2.69. The fraction of sp³-hybridized carbons (Fsp3) is 0.727. The molecule has 0 bridgehead atoms. The van der Waals surface area contributed by atoms with Gasteiger partial charge in [-0.25, -0.2) is 4.98 Å². The van der Waals surface area contributed by atoms with Gasteiger partial charge in [0.15, 0.2) is 0 Å². The Morgan fingerprint density at radius 2 is 2.07 bits per heavy atom. The number of nitrogens with one attached hydrogen (secondary N) is 1. The van der Waals surface area contributed by atoms with Crippen LogP contribution in [0.3, 0.4) is 0 Å². The van der Waals surface area contributed by atoms with Crippen LogP contribution in [-0.4, -0.2) is 16.1 Å². The van der Waals surface area contributed by atoms with Crippen LogP contribution in [0.2, 0.25) is 0 Å². The lowest BCUT2D eigenvalue weighted by Gasteiger charge is -2.18. The molecule has 1 aromatic heterocycles. The Hall–Kier alpha value is -0.990. The Morgan fingerprint density at radius 3 is 2.64 bits per heavy atom. The van der Waals surface area contributed by atoms with E-state index in [9.17, 15) is 0 Å². The largest absolute Gasteiger partial charge is 0.356 e. The van der Waals surface area contributed by atoms with Crippen molar-refractivity contribution in [2.75, 3.05) is 11.9 Å². The third-order valence-corrected chi connectivity index (χ3v) is 2.77. The molecule has 0 amide bonds. The second-order valence-corrected chi connectivity index (χ2v) is 5.05. The van der Waals surface area contributed by atoms with Crippen molar-refractivity contribution in [3.63, 3.8) is 0 Å². The summed E-state index contributed by atoms with van der Waals surface area (Å²) in [6, 6.07) is 0. The van der Waals surface area contributed by atoms with Crippen molar-refractivity contribution < 1.29 is 0 Å². The smallest absolute Gasteiger partial charge is 0.203 e. The summed E-state index contributed by atoms with van der Waals surface area (Å²) in [5, 5.41) is 3.35. The van der Waals surface area contributed by atoms with Crippen molar-refractivity contribution in [2.24, 2.45) is 0 Å². The van der Waals surface area contributed by atoms with E-state index in [2.05, 4.69) is 42.6 Å². The topological polar surface area (TPSA) is 29.9 Å². The molecule has 0 radical (unpaired) electrons. The second kappa shape index (κ2) is 3.01. The van der Waals surface area contributed by atoms with Crippen LogP contribution in [-0.2, 0) is 12.0 Å². The molecule has 1 N–H and O–H groups in total. The Morgan fingerprint density at radius 1 is 1.36 bits per heavy atom. The van der Waals surface area contributed by atoms with Gasteiger partial charge in [0.1, 0.15) is 0 Å². The highest BCUT2D eigenvalue weighted by molar-refractivity contribution is 5.37. The number of nitrogens with zero attached hydrogens (tertiary/aromatic N) is 2. The summed E-state index contributed by atoms with van der Waals surface area (Å²) in [6.07, 6.45) is 1.20. The first kappa shape index (κ1) is 9.56. The molecule has 1 aromatic rings. The molecule has 0 saturated carbocycles. The van der Waals surface area contributed by atoms with Gasteiger partial charge in [0.05, 0.1) is 5.69 Å². The SMILES string of the molecule is Cc1c(C(C)(C)C)nc2n1CCCN2. The molecule has 14 heavy (non-hydrogen) atoms. The predicted octanol–water partition coefficient (Wildman–Crippen LogP) is 2.30. The van der Waals surface area contributed by atoms with Gasteiger partial charge in [-0.2, -0.15) is 0 Å². The summed E-state index contributed by atoms with van der Waals surface area (Å²) in [7, 11) is 0. The molecule has 0 unspecified atom stereocenters. The molecule has 0 atom stereocenters. The monoisotopic (exact) mass is 193 g/mol. The van der Waals surface area contributed by atoms with E-state index in [4.69, 9.17) is 0 Å². The minimum Gasteiger partial charge on any atom is -0.356 e. The molecular formula is C11H19N3. The molecule has 1 aliphatic heterocycles. The summed E-state index contributed by atoms with van der Waals surface area (Å²) < 4.78 is 2.30. The van der Waals surface area contributed by atoms with E-state index in [1.807, 2.05) is 0 Å². The maximum Gasteiger partial charge on any atom is 0.203 e. The van der Waals surface area contributed by atoms with Gasteiger partial charge < -0.3 is 9.88 Å². The number of anilines is 1. The maximum absolute atomic E-state index is 4.67. The Balaban J connectivity index is 2.49. The molecule has 0 fully saturated rings. The van der Waals surface area contributed by atoms with Crippen LogP contribution >= 0.6 is 0 Å².